The van der Waals surface area contributed by atoms with Crippen LogP contribution in [0.2, 0.25) is 5.02 Å². The first-order valence-electron chi connectivity index (χ1n) is 13.3. The highest BCUT2D eigenvalue weighted by atomic mass is 35.5. The molecule has 2 amide bonds. The molecular formula is C28H36ClN3O4S. The van der Waals surface area contributed by atoms with Crippen molar-refractivity contribution in [2.75, 3.05) is 13.1 Å². The lowest BCUT2D eigenvalue weighted by Gasteiger charge is -2.33. The Morgan fingerprint density at radius 2 is 1.59 bits per heavy atom. The minimum Gasteiger partial charge on any atom is -0.355 e. The van der Waals surface area contributed by atoms with E-state index in [2.05, 4.69) is 5.32 Å². The van der Waals surface area contributed by atoms with Gasteiger partial charge in [-0.1, -0.05) is 43.0 Å². The summed E-state index contributed by atoms with van der Waals surface area (Å²) >= 11 is 5.98. The van der Waals surface area contributed by atoms with Gasteiger partial charge in [0.15, 0.2) is 0 Å². The number of amides is 2. The van der Waals surface area contributed by atoms with E-state index in [1.807, 2.05) is 11.8 Å². The number of hydrogen-bond acceptors (Lipinski definition) is 4. The van der Waals surface area contributed by atoms with Crippen molar-refractivity contribution in [1.29, 1.82) is 0 Å². The summed E-state index contributed by atoms with van der Waals surface area (Å²) in [6.45, 7) is 3.24. The molecule has 0 radical (unpaired) electrons. The molecule has 0 unspecified atom stereocenters. The van der Waals surface area contributed by atoms with Crippen LogP contribution in [0.5, 0.6) is 0 Å². The third-order valence-electron chi connectivity index (χ3n) is 7.43. The van der Waals surface area contributed by atoms with Crippen molar-refractivity contribution < 1.29 is 18.0 Å². The Hall–Kier alpha value is -2.42. The molecule has 2 aromatic carbocycles. The van der Waals surface area contributed by atoms with Gasteiger partial charge in [0.1, 0.15) is 6.04 Å². The summed E-state index contributed by atoms with van der Waals surface area (Å²) in [5.41, 5.74) is 1.31. The maximum Gasteiger partial charge on any atom is 0.254 e. The number of nitrogens with one attached hydrogen (secondary N) is 1. The summed E-state index contributed by atoms with van der Waals surface area (Å²) < 4.78 is 28.7. The lowest BCUT2D eigenvalue weighted by Crippen LogP contribution is -2.48. The summed E-state index contributed by atoms with van der Waals surface area (Å²) in [5.74, 6) is -0.275. The maximum absolute atomic E-state index is 13.7. The summed E-state index contributed by atoms with van der Waals surface area (Å²) in [7, 11) is -3.98. The quantitative estimate of drug-likeness (QED) is 0.506. The van der Waals surface area contributed by atoms with Crippen molar-refractivity contribution >= 4 is 33.4 Å². The van der Waals surface area contributed by atoms with Crippen molar-refractivity contribution in [2.45, 2.75) is 81.8 Å². The van der Waals surface area contributed by atoms with Crippen LogP contribution in [0, 0.1) is 0 Å². The van der Waals surface area contributed by atoms with E-state index >= 15 is 0 Å². The first kappa shape index (κ1) is 27.6. The van der Waals surface area contributed by atoms with Crippen LogP contribution < -0.4 is 5.32 Å². The standard InChI is InChI=1S/C28H36ClN3O4S/c1-2-31(24-8-4-3-5-9-24)28(34)22-13-11-21(12-14-22)20-32(26-10-6-7-19-30-27(26)33)37(35,36)25-17-15-23(29)16-18-25/h11-18,24,26H,2-10,19-20H2,1H3,(H,30,33)/t26-/m1/s1. The van der Waals surface area contributed by atoms with Crippen LogP contribution in [-0.4, -0.2) is 54.6 Å². The zero-order chi connectivity index (χ0) is 26.4. The third kappa shape index (κ3) is 6.54. The average Bonchev–Trinajstić information content (AvgIpc) is 3.12. The minimum atomic E-state index is -3.98. The van der Waals surface area contributed by atoms with Crippen molar-refractivity contribution in [2.24, 2.45) is 0 Å². The van der Waals surface area contributed by atoms with Gasteiger partial charge in [0, 0.05) is 36.3 Å². The highest BCUT2D eigenvalue weighted by Gasteiger charge is 2.36. The molecule has 9 heteroatoms. The van der Waals surface area contributed by atoms with Gasteiger partial charge < -0.3 is 10.2 Å². The predicted molar refractivity (Wildman–Crippen MR) is 145 cm³/mol. The van der Waals surface area contributed by atoms with Crippen molar-refractivity contribution in [3.8, 4) is 0 Å². The van der Waals surface area contributed by atoms with E-state index in [1.54, 1.807) is 24.3 Å². The Kier molecular flexibility index (Phi) is 9.27. The normalized spacial score (nSPS) is 19.3. The molecular weight excluding hydrogens is 510 g/mol. The SMILES string of the molecule is CCN(C(=O)c1ccc(CN([C@@H]2CCCCNC2=O)S(=O)(=O)c2ccc(Cl)cc2)cc1)C1CCCCC1. The fourth-order valence-electron chi connectivity index (χ4n) is 5.36. The van der Waals surface area contributed by atoms with E-state index in [4.69, 9.17) is 11.6 Å². The highest BCUT2D eigenvalue weighted by Crippen LogP contribution is 2.27. The minimum absolute atomic E-state index is 0.00902. The Bertz CT molecular complexity index is 1180. The highest BCUT2D eigenvalue weighted by molar-refractivity contribution is 7.89. The smallest absolute Gasteiger partial charge is 0.254 e. The van der Waals surface area contributed by atoms with Gasteiger partial charge >= 0.3 is 0 Å². The Morgan fingerprint density at radius 1 is 0.946 bits per heavy atom. The fourth-order valence-corrected chi connectivity index (χ4v) is 7.09. The van der Waals surface area contributed by atoms with Gasteiger partial charge in [0.2, 0.25) is 15.9 Å². The first-order chi connectivity index (χ1) is 17.8. The summed E-state index contributed by atoms with van der Waals surface area (Å²) in [6.07, 6.45) is 7.62. The summed E-state index contributed by atoms with van der Waals surface area (Å²) in [6, 6.07) is 12.6. The van der Waals surface area contributed by atoms with Gasteiger partial charge in [-0.3, -0.25) is 9.59 Å². The lowest BCUT2D eigenvalue weighted by atomic mass is 9.93. The molecule has 1 saturated carbocycles. The molecule has 2 fully saturated rings. The van der Waals surface area contributed by atoms with Crippen LogP contribution in [0.3, 0.4) is 0 Å². The molecule has 1 N–H and O–H groups in total. The van der Waals surface area contributed by atoms with Crippen LogP contribution in [0.25, 0.3) is 0 Å². The average molecular weight is 546 g/mol. The molecule has 7 nitrogen and oxygen atoms in total. The van der Waals surface area contributed by atoms with Crippen LogP contribution in [0.4, 0.5) is 0 Å². The van der Waals surface area contributed by atoms with Gasteiger partial charge in [-0.15, -0.1) is 0 Å². The number of sulfonamides is 1. The number of carbonyl (C=O) groups is 2. The molecule has 0 bridgehead atoms. The van der Waals surface area contributed by atoms with E-state index in [1.165, 1.54) is 35.0 Å². The van der Waals surface area contributed by atoms with E-state index in [9.17, 15) is 18.0 Å². The molecule has 37 heavy (non-hydrogen) atoms. The Morgan fingerprint density at radius 3 is 2.24 bits per heavy atom. The van der Waals surface area contributed by atoms with Crippen LogP contribution in [0.15, 0.2) is 53.4 Å². The van der Waals surface area contributed by atoms with E-state index in [0.29, 0.717) is 35.7 Å². The van der Waals surface area contributed by atoms with Crippen molar-refractivity contribution in [3.05, 3.63) is 64.7 Å². The van der Waals surface area contributed by atoms with Crippen LogP contribution in [-0.2, 0) is 21.4 Å². The molecule has 0 aromatic heterocycles. The number of benzene rings is 2. The van der Waals surface area contributed by atoms with Crippen LogP contribution >= 0.6 is 11.6 Å². The van der Waals surface area contributed by atoms with E-state index in [0.717, 1.165) is 38.5 Å². The zero-order valence-electron chi connectivity index (χ0n) is 21.4. The van der Waals surface area contributed by atoms with Crippen molar-refractivity contribution in [3.63, 3.8) is 0 Å². The fraction of sp³-hybridized carbons (Fsp3) is 0.500. The second-order valence-corrected chi connectivity index (χ2v) is 12.2. The monoisotopic (exact) mass is 545 g/mol. The Balaban J connectivity index is 1.59. The number of carbonyl (C=O) groups excluding carboxylic acids is 2. The molecule has 1 aliphatic carbocycles. The maximum atomic E-state index is 13.7. The molecule has 1 aliphatic heterocycles. The second-order valence-electron chi connectivity index (χ2n) is 9.89. The molecule has 4 rings (SSSR count). The molecule has 1 atom stereocenters. The largest absolute Gasteiger partial charge is 0.355 e. The van der Waals surface area contributed by atoms with Gasteiger partial charge in [-0.05, 0) is 81.0 Å². The van der Waals surface area contributed by atoms with Gasteiger partial charge in [0.05, 0.1) is 4.90 Å². The topological polar surface area (TPSA) is 86.8 Å². The third-order valence-corrected chi connectivity index (χ3v) is 9.55. The molecule has 0 spiro atoms. The Labute approximate surface area is 225 Å². The summed E-state index contributed by atoms with van der Waals surface area (Å²) in [4.78, 5) is 28.2. The van der Waals surface area contributed by atoms with Crippen molar-refractivity contribution in [1.82, 2.24) is 14.5 Å². The molecule has 1 heterocycles. The molecule has 200 valence electrons. The van der Waals surface area contributed by atoms with Crippen LogP contribution in [0.1, 0.15) is 74.2 Å². The molecule has 1 saturated heterocycles. The number of halogens is 1. The van der Waals surface area contributed by atoms with Gasteiger partial charge in [-0.25, -0.2) is 8.42 Å². The second kappa shape index (κ2) is 12.4. The number of hydrogen-bond donors (Lipinski definition) is 1. The van der Waals surface area contributed by atoms with Gasteiger partial charge in [0.25, 0.3) is 5.91 Å². The van der Waals surface area contributed by atoms with E-state index in [-0.39, 0.29) is 29.3 Å². The molecule has 2 aromatic rings. The lowest BCUT2D eigenvalue weighted by molar-refractivity contribution is -0.124. The molecule has 2 aliphatic rings. The predicted octanol–water partition coefficient (Wildman–Crippen LogP) is 4.99. The first-order valence-corrected chi connectivity index (χ1v) is 15.1. The summed E-state index contributed by atoms with van der Waals surface area (Å²) in [5, 5.41) is 3.29. The number of nitrogens with zero attached hydrogens (tertiary/aromatic N) is 2. The van der Waals surface area contributed by atoms with Gasteiger partial charge in [-0.2, -0.15) is 4.31 Å². The van der Waals surface area contributed by atoms with E-state index < -0.39 is 16.1 Å². The number of rotatable bonds is 8. The zero-order valence-corrected chi connectivity index (χ0v) is 22.9.